The number of benzene rings is 1. The lowest BCUT2D eigenvalue weighted by molar-refractivity contribution is 0.0935. The first-order valence-electron chi connectivity index (χ1n) is 8.35. The van der Waals surface area contributed by atoms with Crippen molar-refractivity contribution in [2.75, 3.05) is 6.61 Å². The molecule has 1 N–H and O–H groups in total. The Hall–Kier alpha value is -2.89. The van der Waals surface area contributed by atoms with Crippen LogP contribution in [0, 0.1) is 13.8 Å². The summed E-state index contributed by atoms with van der Waals surface area (Å²) >= 11 is 0. The molecule has 6 heteroatoms. The lowest BCUT2D eigenvalue weighted by Gasteiger charge is -2.16. The van der Waals surface area contributed by atoms with Crippen molar-refractivity contribution in [2.24, 2.45) is 0 Å². The first-order chi connectivity index (χ1) is 12.0. The molecule has 6 nitrogen and oxygen atoms in total. The van der Waals surface area contributed by atoms with Crippen LogP contribution in [0.2, 0.25) is 0 Å². The smallest absolute Gasteiger partial charge is 0.272 e. The van der Waals surface area contributed by atoms with Gasteiger partial charge in [-0.05, 0) is 44.9 Å². The summed E-state index contributed by atoms with van der Waals surface area (Å²) < 4.78 is 6.93. The Balaban J connectivity index is 1.79. The first-order valence-corrected chi connectivity index (χ1v) is 8.35. The quantitative estimate of drug-likeness (QED) is 0.775. The second-order valence-electron chi connectivity index (χ2n) is 6.09. The molecule has 3 rings (SSSR count). The Morgan fingerprint density at radius 2 is 2.08 bits per heavy atom. The van der Waals surface area contributed by atoms with Crippen molar-refractivity contribution in [1.29, 1.82) is 0 Å². The molecule has 1 amide bonds. The molecule has 0 saturated carbocycles. The minimum absolute atomic E-state index is 0.107. The predicted octanol–water partition coefficient (Wildman–Crippen LogP) is 3.24. The van der Waals surface area contributed by atoms with Crippen LogP contribution in [0.5, 0.6) is 5.88 Å². The minimum Gasteiger partial charge on any atom is -0.477 e. The fraction of sp³-hybridized carbons (Fsp3) is 0.316. The second kappa shape index (κ2) is 6.93. The van der Waals surface area contributed by atoms with Crippen LogP contribution in [0.1, 0.15) is 47.1 Å². The van der Waals surface area contributed by atoms with Crippen LogP contribution < -0.4 is 10.1 Å². The van der Waals surface area contributed by atoms with E-state index >= 15 is 0 Å². The van der Waals surface area contributed by atoms with Crippen LogP contribution in [-0.2, 0) is 0 Å². The van der Waals surface area contributed by atoms with Crippen LogP contribution in [-0.4, -0.2) is 27.1 Å². The van der Waals surface area contributed by atoms with E-state index in [1.165, 1.54) is 5.56 Å². The van der Waals surface area contributed by atoms with E-state index in [1.807, 2.05) is 13.8 Å². The standard InChI is InChI=1S/C19H22N4O2/c1-5-25-18-9-8-17-21-16(11-23(17)22-18)19(24)20-14(4)15-7-6-12(2)10-13(15)3/h6-11,14H,5H2,1-4H3,(H,20,24)/t14-/m1/s1. The van der Waals surface area contributed by atoms with Gasteiger partial charge in [0.15, 0.2) is 5.65 Å². The van der Waals surface area contributed by atoms with Crippen molar-refractivity contribution in [1.82, 2.24) is 19.9 Å². The van der Waals surface area contributed by atoms with E-state index in [4.69, 9.17) is 4.74 Å². The molecule has 25 heavy (non-hydrogen) atoms. The normalized spacial score (nSPS) is 12.2. The zero-order valence-electron chi connectivity index (χ0n) is 14.9. The minimum atomic E-state index is -0.226. The van der Waals surface area contributed by atoms with E-state index < -0.39 is 0 Å². The topological polar surface area (TPSA) is 68.5 Å². The highest BCUT2D eigenvalue weighted by Gasteiger charge is 2.16. The zero-order valence-corrected chi connectivity index (χ0v) is 14.9. The fourth-order valence-electron chi connectivity index (χ4n) is 2.86. The number of hydrogen-bond donors (Lipinski definition) is 1. The van der Waals surface area contributed by atoms with Gasteiger partial charge in [-0.1, -0.05) is 23.8 Å². The Morgan fingerprint density at radius 1 is 1.28 bits per heavy atom. The second-order valence-corrected chi connectivity index (χ2v) is 6.09. The maximum atomic E-state index is 12.5. The lowest BCUT2D eigenvalue weighted by atomic mass is 10.0. The van der Waals surface area contributed by atoms with E-state index in [9.17, 15) is 4.79 Å². The van der Waals surface area contributed by atoms with Gasteiger partial charge in [-0.15, -0.1) is 5.10 Å². The van der Waals surface area contributed by atoms with Crippen LogP contribution >= 0.6 is 0 Å². The SMILES string of the molecule is CCOc1ccc2nc(C(=O)N[C@H](C)c3ccc(C)cc3C)cn2n1. The zero-order chi connectivity index (χ0) is 18.0. The number of nitrogens with zero attached hydrogens (tertiary/aromatic N) is 3. The van der Waals surface area contributed by atoms with Gasteiger partial charge in [0, 0.05) is 6.07 Å². The summed E-state index contributed by atoms with van der Waals surface area (Å²) in [4.78, 5) is 16.9. The molecule has 2 heterocycles. The molecule has 0 saturated heterocycles. The molecule has 3 aromatic rings. The summed E-state index contributed by atoms with van der Waals surface area (Å²) in [6.45, 7) is 8.51. The number of amides is 1. The van der Waals surface area contributed by atoms with Crippen LogP contribution in [0.25, 0.3) is 5.65 Å². The highest BCUT2D eigenvalue weighted by molar-refractivity contribution is 5.93. The van der Waals surface area contributed by atoms with Crippen molar-refractivity contribution in [2.45, 2.75) is 33.7 Å². The monoisotopic (exact) mass is 338 g/mol. The maximum absolute atomic E-state index is 12.5. The van der Waals surface area contributed by atoms with Gasteiger partial charge in [0.25, 0.3) is 5.91 Å². The Labute approximate surface area is 146 Å². The Bertz CT molecular complexity index is 917. The molecule has 1 atom stereocenters. The maximum Gasteiger partial charge on any atom is 0.272 e. The summed E-state index contributed by atoms with van der Waals surface area (Å²) in [5, 5.41) is 7.28. The molecular formula is C19H22N4O2. The number of aryl methyl sites for hydroxylation is 2. The number of aromatic nitrogens is 3. The van der Waals surface area contributed by atoms with Gasteiger partial charge in [-0.3, -0.25) is 4.79 Å². The van der Waals surface area contributed by atoms with E-state index in [2.05, 4.69) is 47.4 Å². The van der Waals surface area contributed by atoms with Crippen LogP contribution in [0.15, 0.2) is 36.5 Å². The largest absolute Gasteiger partial charge is 0.477 e. The average Bonchev–Trinajstić information content (AvgIpc) is 2.98. The molecule has 0 unspecified atom stereocenters. The molecule has 0 aliphatic carbocycles. The van der Waals surface area contributed by atoms with Gasteiger partial charge in [0.05, 0.1) is 18.8 Å². The molecule has 0 spiro atoms. The molecule has 0 aliphatic rings. The van der Waals surface area contributed by atoms with Crippen molar-refractivity contribution in [3.8, 4) is 5.88 Å². The van der Waals surface area contributed by atoms with Gasteiger partial charge < -0.3 is 10.1 Å². The van der Waals surface area contributed by atoms with E-state index in [-0.39, 0.29) is 11.9 Å². The number of rotatable bonds is 5. The van der Waals surface area contributed by atoms with Gasteiger partial charge in [0.1, 0.15) is 5.69 Å². The molecule has 0 aliphatic heterocycles. The summed E-state index contributed by atoms with van der Waals surface area (Å²) in [7, 11) is 0. The highest BCUT2D eigenvalue weighted by atomic mass is 16.5. The molecule has 0 bridgehead atoms. The van der Waals surface area contributed by atoms with Crippen molar-refractivity contribution in [3.63, 3.8) is 0 Å². The first kappa shape index (κ1) is 17.0. The molecule has 0 fully saturated rings. The van der Waals surface area contributed by atoms with Crippen molar-refractivity contribution >= 4 is 11.6 Å². The third-order valence-electron chi connectivity index (χ3n) is 4.06. The third kappa shape index (κ3) is 3.63. The van der Waals surface area contributed by atoms with Gasteiger partial charge in [-0.25, -0.2) is 9.50 Å². The summed E-state index contributed by atoms with van der Waals surface area (Å²) in [5.41, 5.74) is 4.40. The average molecular weight is 338 g/mol. The molecule has 2 aromatic heterocycles. The molecule has 0 radical (unpaired) electrons. The fourth-order valence-corrected chi connectivity index (χ4v) is 2.86. The number of hydrogen-bond acceptors (Lipinski definition) is 4. The Morgan fingerprint density at radius 3 is 2.80 bits per heavy atom. The van der Waals surface area contributed by atoms with E-state index in [0.717, 1.165) is 11.1 Å². The summed E-state index contributed by atoms with van der Waals surface area (Å²) in [6.07, 6.45) is 1.61. The lowest BCUT2D eigenvalue weighted by Crippen LogP contribution is -2.27. The van der Waals surface area contributed by atoms with Crippen molar-refractivity contribution in [3.05, 3.63) is 58.9 Å². The van der Waals surface area contributed by atoms with Gasteiger partial charge in [0.2, 0.25) is 5.88 Å². The van der Waals surface area contributed by atoms with Crippen molar-refractivity contribution < 1.29 is 9.53 Å². The van der Waals surface area contributed by atoms with Gasteiger partial charge >= 0.3 is 0 Å². The molecule has 130 valence electrons. The van der Waals surface area contributed by atoms with Crippen LogP contribution in [0.4, 0.5) is 0 Å². The number of carbonyl (C=O) groups excluding carboxylic acids is 1. The highest BCUT2D eigenvalue weighted by Crippen LogP contribution is 2.19. The Kier molecular flexibility index (Phi) is 4.70. The van der Waals surface area contributed by atoms with E-state index in [0.29, 0.717) is 23.8 Å². The summed E-state index contributed by atoms with van der Waals surface area (Å²) in [5.74, 6) is 0.277. The number of imidazole rings is 1. The predicted molar refractivity (Wildman–Crippen MR) is 96.0 cm³/mol. The molecule has 1 aromatic carbocycles. The molecular weight excluding hydrogens is 316 g/mol. The van der Waals surface area contributed by atoms with Crippen LogP contribution in [0.3, 0.4) is 0 Å². The third-order valence-corrected chi connectivity index (χ3v) is 4.06. The van der Waals surface area contributed by atoms with Gasteiger partial charge in [-0.2, -0.15) is 0 Å². The summed E-state index contributed by atoms with van der Waals surface area (Å²) in [6, 6.07) is 9.63. The number of carbonyl (C=O) groups is 1. The van der Waals surface area contributed by atoms with E-state index in [1.54, 1.807) is 22.8 Å². The number of ether oxygens (including phenoxy) is 1. The number of fused-ring (bicyclic) bond motifs is 1. The number of nitrogens with one attached hydrogen (secondary N) is 1.